The number of fused-ring (bicyclic) bond motifs is 1. The molecular weight excluding hydrogens is 331 g/mol. The fourth-order valence-corrected chi connectivity index (χ4v) is 2.42. The number of anilines is 1. The molecule has 0 saturated carbocycles. The molecule has 3 rings (SSSR count). The zero-order chi connectivity index (χ0) is 17.9. The predicted octanol–water partition coefficient (Wildman–Crippen LogP) is 5.03. The van der Waals surface area contributed by atoms with Crippen molar-refractivity contribution in [1.82, 2.24) is 0 Å². The van der Waals surface area contributed by atoms with E-state index in [1.807, 2.05) is 30.3 Å². The molecule has 1 amide bonds. The van der Waals surface area contributed by atoms with Gasteiger partial charge < -0.3 is 10.1 Å². The molecule has 0 heterocycles. The van der Waals surface area contributed by atoms with Gasteiger partial charge in [-0.25, -0.2) is 0 Å². The molecule has 0 aliphatic heterocycles. The predicted molar refractivity (Wildman–Crippen MR) is 89.9 cm³/mol. The number of amides is 1. The van der Waals surface area contributed by atoms with Gasteiger partial charge in [-0.1, -0.05) is 36.4 Å². The topological polar surface area (TPSA) is 38.3 Å². The zero-order valence-electron chi connectivity index (χ0n) is 13.0. The highest BCUT2D eigenvalue weighted by molar-refractivity contribution is 6.12. The normalized spacial score (nSPS) is 11.3. The van der Waals surface area contributed by atoms with Crippen molar-refractivity contribution in [3.8, 4) is 5.75 Å². The summed E-state index contributed by atoms with van der Waals surface area (Å²) in [4.78, 5) is 12.5. The third-order valence-corrected chi connectivity index (χ3v) is 3.55. The van der Waals surface area contributed by atoms with E-state index in [1.54, 1.807) is 12.1 Å². The van der Waals surface area contributed by atoms with E-state index >= 15 is 0 Å². The standard InChI is InChI=1S/C19H14F3NO2/c20-19(21,22)12-25-15-10-8-14(9-11-15)23-18(24)17-7-3-5-13-4-1-2-6-16(13)17/h1-11H,12H2,(H,23,24). The molecule has 0 bridgehead atoms. The molecule has 0 unspecified atom stereocenters. The van der Waals surface area contributed by atoms with Crippen molar-refractivity contribution in [2.75, 3.05) is 11.9 Å². The highest BCUT2D eigenvalue weighted by atomic mass is 19.4. The summed E-state index contributed by atoms with van der Waals surface area (Å²) in [7, 11) is 0. The molecule has 0 spiro atoms. The number of alkyl halides is 3. The van der Waals surface area contributed by atoms with E-state index in [0.29, 0.717) is 11.3 Å². The van der Waals surface area contributed by atoms with Gasteiger partial charge in [0.05, 0.1) is 0 Å². The Labute approximate surface area is 142 Å². The monoisotopic (exact) mass is 345 g/mol. The first-order valence-electron chi connectivity index (χ1n) is 7.51. The maximum atomic E-state index is 12.5. The molecule has 128 valence electrons. The maximum absolute atomic E-state index is 12.5. The van der Waals surface area contributed by atoms with Crippen molar-refractivity contribution in [3.05, 3.63) is 72.3 Å². The molecule has 1 N–H and O–H groups in total. The minimum absolute atomic E-state index is 0.0838. The molecule has 0 atom stereocenters. The third kappa shape index (κ3) is 4.29. The molecule has 25 heavy (non-hydrogen) atoms. The van der Waals surface area contributed by atoms with Crippen LogP contribution in [0.4, 0.5) is 18.9 Å². The summed E-state index contributed by atoms with van der Waals surface area (Å²) >= 11 is 0. The van der Waals surface area contributed by atoms with Crippen LogP contribution in [-0.2, 0) is 0 Å². The fourth-order valence-electron chi connectivity index (χ4n) is 2.42. The number of carbonyl (C=O) groups is 1. The summed E-state index contributed by atoms with van der Waals surface area (Å²) in [6.45, 7) is -1.35. The van der Waals surface area contributed by atoms with Crippen LogP contribution >= 0.6 is 0 Å². The lowest BCUT2D eigenvalue weighted by molar-refractivity contribution is -0.153. The van der Waals surface area contributed by atoms with Crippen molar-refractivity contribution in [2.24, 2.45) is 0 Å². The Bertz CT molecular complexity index is 884. The van der Waals surface area contributed by atoms with Crippen molar-refractivity contribution in [2.45, 2.75) is 6.18 Å². The number of halogens is 3. The summed E-state index contributed by atoms with van der Waals surface area (Å²) in [6, 6.07) is 18.7. The number of nitrogens with one attached hydrogen (secondary N) is 1. The van der Waals surface area contributed by atoms with Gasteiger partial charge in [0.2, 0.25) is 0 Å². The first-order valence-corrected chi connectivity index (χ1v) is 7.51. The second kappa shape index (κ2) is 6.84. The molecule has 0 aliphatic carbocycles. The Morgan fingerprint density at radius 1 is 0.920 bits per heavy atom. The third-order valence-electron chi connectivity index (χ3n) is 3.55. The zero-order valence-corrected chi connectivity index (χ0v) is 13.0. The summed E-state index contributed by atoms with van der Waals surface area (Å²) in [6.07, 6.45) is -4.39. The summed E-state index contributed by atoms with van der Waals surface area (Å²) in [5, 5.41) is 4.51. The molecule has 0 radical (unpaired) electrons. The minimum atomic E-state index is -4.39. The lowest BCUT2D eigenvalue weighted by atomic mass is 10.0. The van der Waals surface area contributed by atoms with Gasteiger partial charge in [0.25, 0.3) is 5.91 Å². The van der Waals surface area contributed by atoms with Crippen LogP contribution in [0.2, 0.25) is 0 Å². The number of hydrogen-bond acceptors (Lipinski definition) is 2. The molecular formula is C19H14F3NO2. The van der Waals surface area contributed by atoms with Crippen molar-refractivity contribution >= 4 is 22.4 Å². The number of carbonyl (C=O) groups excluding carboxylic acids is 1. The summed E-state index contributed by atoms with van der Waals surface area (Å²) < 4.78 is 41.0. The molecule has 6 heteroatoms. The van der Waals surface area contributed by atoms with E-state index in [1.165, 1.54) is 24.3 Å². The van der Waals surface area contributed by atoms with Crippen LogP contribution in [0.25, 0.3) is 10.8 Å². The average Bonchev–Trinajstić information content (AvgIpc) is 2.60. The first-order chi connectivity index (χ1) is 11.9. The molecule has 0 aromatic heterocycles. The highest BCUT2D eigenvalue weighted by Gasteiger charge is 2.28. The Morgan fingerprint density at radius 3 is 2.32 bits per heavy atom. The van der Waals surface area contributed by atoms with Crippen LogP contribution in [-0.4, -0.2) is 18.7 Å². The van der Waals surface area contributed by atoms with Gasteiger partial charge in [-0.05, 0) is 41.1 Å². The molecule has 0 saturated heterocycles. The molecule has 3 aromatic rings. The van der Waals surface area contributed by atoms with Gasteiger partial charge in [0.1, 0.15) is 5.75 Å². The van der Waals surface area contributed by atoms with Crippen LogP contribution in [0.5, 0.6) is 5.75 Å². The van der Waals surface area contributed by atoms with E-state index in [2.05, 4.69) is 10.1 Å². The van der Waals surface area contributed by atoms with Gasteiger partial charge in [0.15, 0.2) is 6.61 Å². The summed E-state index contributed by atoms with van der Waals surface area (Å²) in [5.74, 6) is -0.207. The van der Waals surface area contributed by atoms with Crippen LogP contribution < -0.4 is 10.1 Å². The number of ether oxygens (including phenoxy) is 1. The smallest absolute Gasteiger partial charge is 0.422 e. The van der Waals surface area contributed by atoms with Gasteiger partial charge in [-0.15, -0.1) is 0 Å². The number of hydrogen-bond donors (Lipinski definition) is 1. The second-order valence-electron chi connectivity index (χ2n) is 5.41. The second-order valence-corrected chi connectivity index (χ2v) is 5.41. The molecule has 3 nitrogen and oxygen atoms in total. The minimum Gasteiger partial charge on any atom is -0.484 e. The molecule has 3 aromatic carbocycles. The lowest BCUT2D eigenvalue weighted by Crippen LogP contribution is -2.19. The van der Waals surface area contributed by atoms with Crippen LogP contribution in [0.1, 0.15) is 10.4 Å². The maximum Gasteiger partial charge on any atom is 0.422 e. The largest absolute Gasteiger partial charge is 0.484 e. The molecule has 0 fully saturated rings. The van der Waals surface area contributed by atoms with Crippen LogP contribution in [0.3, 0.4) is 0 Å². The van der Waals surface area contributed by atoms with Gasteiger partial charge in [-0.3, -0.25) is 4.79 Å². The van der Waals surface area contributed by atoms with E-state index < -0.39 is 12.8 Å². The Kier molecular flexibility index (Phi) is 4.61. The number of benzene rings is 3. The highest BCUT2D eigenvalue weighted by Crippen LogP contribution is 2.22. The van der Waals surface area contributed by atoms with Gasteiger partial charge in [0, 0.05) is 11.3 Å². The quantitative estimate of drug-likeness (QED) is 0.720. The van der Waals surface area contributed by atoms with Gasteiger partial charge in [-0.2, -0.15) is 13.2 Å². The number of rotatable bonds is 4. The van der Waals surface area contributed by atoms with Crippen molar-refractivity contribution < 1.29 is 22.7 Å². The van der Waals surface area contributed by atoms with E-state index in [9.17, 15) is 18.0 Å². The Morgan fingerprint density at radius 2 is 1.60 bits per heavy atom. The fraction of sp³-hybridized carbons (Fsp3) is 0.105. The van der Waals surface area contributed by atoms with E-state index in [4.69, 9.17) is 0 Å². The average molecular weight is 345 g/mol. The van der Waals surface area contributed by atoms with Gasteiger partial charge >= 0.3 is 6.18 Å². The van der Waals surface area contributed by atoms with Crippen LogP contribution in [0.15, 0.2) is 66.7 Å². The Balaban J connectivity index is 1.72. The van der Waals surface area contributed by atoms with Crippen LogP contribution in [0, 0.1) is 0 Å². The van der Waals surface area contributed by atoms with Crippen molar-refractivity contribution in [3.63, 3.8) is 0 Å². The van der Waals surface area contributed by atoms with E-state index in [-0.39, 0.29) is 11.7 Å². The summed E-state index contributed by atoms with van der Waals surface area (Å²) in [5.41, 5.74) is 0.993. The van der Waals surface area contributed by atoms with Crippen molar-refractivity contribution in [1.29, 1.82) is 0 Å². The first kappa shape index (κ1) is 16.8. The van der Waals surface area contributed by atoms with E-state index in [0.717, 1.165) is 10.8 Å². The SMILES string of the molecule is O=C(Nc1ccc(OCC(F)(F)F)cc1)c1cccc2ccccc12. The Hall–Kier alpha value is -3.02. The molecule has 0 aliphatic rings. The lowest BCUT2D eigenvalue weighted by Gasteiger charge is -2.11.